The second-order valence-electron chi connectivity index (χ2n) is 8.20. The number of thiazole rings is 1. The van der Waals surface area contributed by atoms with E-state index in [1.165, 1.54) is 11.6 Å². The Morgan fingerprint density at radius 1 is 1.34 bits per heavy atom. The molecule has 3 heterocycles. The average Bonchev–Trinajstić information content (AvgIpc) is 3.34. The first-order valence-electron chi connectivity index (χ1n) is 10.3. The third-order valence-corrected chi connectivity index (χ3v) is 9.51. The summed E-state index contributed by atoms with van der Waals surface area (Å²) in [7, 11) is -3.58. The van der Waals surface area contributed by atoms with E-state index in [-0.39, 0.29) is 16.0 Å². The summed E-state index contributed by atoms with van der Waals surface area (Å²) in [6.45, 7) is 0. The highest BCUT2D eigenvalue weighted by Gasteiger charge is 2.51. The molecule has 32 heavy (non-hydrogen) atoms. The van der Waals surface area contributed by atoms with E-state index < -0.39 is 45.0 Å². The SMILES string of the molecule is CS(=O)(=O)C1=CSC2C(=O)N(C(CC3CCCCC3)C(=O)Nc3ncc(Cl)s3)C(=O)NC12. The Labute approximate surface area is 199 Å². The lowest BCUT2D eigenvalue weighted by Gasteiger charge is -2.39. The summed E-state index contributed by atoms with van der Waals surface area (Å²) in [4.78, 5) is 44.6. The summed E-state index contributed by atoms with van der Waals surface area (Å²) in [5.41, 5.74) is 0. The van der Waals surface area contributed by atoms with Crippen molar-refractivity contribution in [1.82, 2.24) is 15.2 Å². The van der Waals surface area contributed by atoms with Gasteiger partial charge >= 0.3 is 6.03 Å². The molecule has 3 unspecified atom stereocenters. The molecule has 0 bridgehead atoms. The number of nitrogens with one attached hydrogen (secondary N) is 2. The van der Waals surface area contributed by atoms with Crippen molar-refractivity contribution in [1.29, 1.82) is 0 Å². The minimum absolute atomic E-state index is 0.0135. The number of fused-ring (bicyclic) bond motifs is 1. The van der Waals surface area contributed by atoms with Crippen LogP contribution < -0.4 is 10.6 Å². The van der Waals surface area contributed by atoms with Gasteiger partial charge in [-0.15, -0.1) is 11.8 Å². The maximum atomic E-state index is 13.3. The van der Waals surface area contributed by atoms with Gasteiger partial charge in [0.05, 0.1) is 17.1 Å². The molecule has 2 aliphatic heterocycles. The predicted molar refractivity (Wildman–Crippen MR) is 124 cm³/mol. The Balaban J connectivity index is 1.59. The molecule has 1 aromatic heterocycles. The molecule has 2 fully saturated rings. The van der Waals surface area contributed by atoms with Crippen molar-refractivity contribution in [2.75, 3.05) is 11.6 Å². The predicted octanol–water partition coefficient (Wildman–Crippen LogP) is 3.00. The number of nitrogens with zero attached hydrogens (tertiary/aromatic N) is 2. The zero-order chi connectivity index (χ0) is 23.0. The monoisotopic (exact) mass is 518 g/mol. The fourth-order valence-electron chi connectivity index (χ4n) is 4.41. The normalized spacial score (nSPS) is 25.2. The number of carbonyl (C=O) groups is 3. The van der Waals surface area contributed by atoms with Crippen LogP contribution in [-0.2, 0) is 19.4 Å². The van der Waals surface area contributed by atoms with Crippen molar-refractivity contribution in [2.24, 2.45) is 5.92 Å². The highest BCUT2D eigenvalue weighted by Crippen LogP contribution is 2.38. The van der Waals surface area contributed by atoms with Gasteiger partial charge in [-0.2, -0.15) is 0 Å². The van der Waals surface area contributed by atoms with E-state index in [9.17, 15) is 22.8 Å². The zero-order valence-corrected chi connectivity index (χ0v) is 20.5. The Kier molecular flexibility index (Phi) is 6.85. The van der Waals surface area contributed by atoms with Gasteiger partial charge in [-0.25, -0.2) is 18.2 Å². The third-order valence-electron chi connectivity index (χ3n) is 5.95. The Bertz CT molecular complexity index is 1070. The highest BCUT2D eigenvalue weighted by molar-refractivity contribution is 8.05. The van der Waals surface area contributed by atoms with Crippen LogP contribution in [0, 0.1) is 5.92 Å². The number of hydrogen-bond donors (Lipinski definition) is 2. The molecule has 2 N–H and O–H groups in total. The number of sulfone groups is 1. The zero-order valence-electron chi connectivity index (χ0n) is 17.2. The van der Waals surface area contributed by atoms with Crippen LogP contribution in [0.2, 0.25) is 4.34 Å². The third kappa shape index (κ3) is 4.82. The first-order chi connectivity index (χ1) is 15.1. The van der Waals surface area contributed by atoms with Crippen LogP contribution in [0.1, 0.15) is 38.5 Å². The Hall–Kier alpha value is -1.63. The van der Waals surface area contributed by atoms with Crippen LogP contribution >= 0.6 is 34.7 Å². The molecule has 0 radical (unpaired) electrons. The minimum Gasteiger partial charge on any atom is -0.328 e. The second-order valence-corrected chi connectivity index (χ2v) is 12.9. The second kappa shape index (κ2) is 9.32. The summed E-state index contributed by atoms with van der Waals surface area (Å²) in [6, 6.07) is -2.72. The number of halogens is 1. The van der Waals surface area contributed by atoms with Crippen molar-refractivity contribution in [3.8, 4) is 0 Å². The van der Waals surface area contributed by atoms with Crippen LogP contribution in [-0.4, -0.2) is 59.7 Å². The number of imide groups is 1. The van der Waals surface area contributed by atoms with Crippen LogP contribution in [0.25, 0.3) is 0 Å². The van der Waals surface area contributed by atoms with E-state index in [2.05, 4.69) is 15.6 Å². The first-order valence-corrected chi connectivity index (χ1v) is 14.3. The maximum absolute atomic E-state index is 13.3. The molecule has 4 amide bonds. The summed E-state index contributed by atoms with van der Waals surface area (Å²) in [5.74, 6) is -0.867. The summed E-state index contributed by atoms with van der Waals surface area (Å²) < 4.78 is 24.5. The van der Waals surface area contributed by atoms with Crippen molar-refractivity contribution < 1.29 is 22.8 Å². The quantitative estimate of drug-likeness (QED) is 0.592. The van der Waals surface area contributed by atoms with Gasteiger partial charge in [0.15, 0.2) is 15.0 Å². The molecule has 13 heteroatoms. The molecule has 1 aromatic rings. The molecule has 1 saturated heterocycles. The molecule has 174 valence electrons. The summed E-state index contributed by atoms with van der Waals surface area (Å²) in [5, 5.41) is 6.18. The van der Waals surface area contributed by atoms with Crippen molar-refractivity contribution in [2.45, 2.75) is 55.9 Å². The molecule has 1 saturated carbocycles. The van der Waals surface area contributed by atoms with Gasteiger partial charge < -0.3 is 10.6 Å². The van der Waals surface area contributed by atoms with Gasteiger partial charge in [-0.05, 0) is 17.7 Å². The average molecular weight is 519 g/mol. The number of carbonyl (C=O) groups excluding carboxylic acids is 3. The first kappa shape index (κ1) is 23.5. The molecule has 9 nitrogen and oxygen atoms in total. The van der Waals surface area contributed by atoms with Crippen LogP contribution in [0.3, 0.4) is 0 Å². The largest absolute Gasteiger partial charge is 0.328 e. The van der Waals surface area contributed by atoms with E-state index in [1.807, 2.05) is 0 Å². The Morgan fingerprint density at radius 2 is 2.06 bits per heavy atom. The number of amides is 4. The van der Waals surface area contributed by atoms with Gasteiger partial charge in [-0.1, -0.05) is 55.0 Å². The van der Waals surface area contributed by atoms with Crippen molar-refractivity contribution >= 4 is 67.5 Å². The molecule has 4 rings (SSSR count). The maximum Gasteiger partial charge on any atom is 0.325 e. The number of rotatable bonds is 6. The topological polar surface area (TPSA) is 126 Å². The highest BCUT2D eigenvalue weighted by atomic mass is 35.5. The minimum atomic E-state index is -3.58. The molecular weight excluding hydrogens is 496 g/mol. The number of anilines is 1. The lowest BCUT2D eigenvalue weighted by Crippen LogP contribution is -2.65. The molecule has 3 aliphatic rings. The summed E-state index contributed by atoms with van der Waals surface area (Å²) >= 11 is 8.04. The van der Waals surface area contributed by atoms with Crippen molar-refractivity contribution in [3.63, 3.8) is 0 Å². The van der Waals surface area contributed by atoms with E-state index >= 15 is 0 Å². The number of aromatic nitrogens is 1. The fourth-order valence-corrected chi connectivity index (χ4v) is 7.86. The van der Waals surface area contributed by atoms with Gasteiger partial charge in [-0.3, -0.25) is 14.5 Å². The van der Waals surface area contributed by atoms with Crippen molar-refractivity contribution in [3.05, 3.63) is 20.8 Å². The smallest absolute Gasteiger partial charge is 0.325 e. The van der Waals surface area contributed by atoms with E-state index in [4.69, 9.17) is 11.6 Å². The molecule has 3 atom stereocenters. The lowest BCUT2D eigenvalue weighted by molar-refractivity contribution is -0.136. The van der Waals surface area contributed by atoms with Gasteiger partial charge in [0.25, 0.3) is 0 Å². The van der Waals surface area contributed by atoms with E-state index in [0.717, 1.165) is 66.4 Å². The number of thioether (sulfide) groups is 1. The van der Waals surface area contributed by atoms with Crippen LogP contribution in [0.5, 0.6) is 0 Å². The molecule has 0 aromatic carbocycles. The number of urea groups is 1. The summed E-state index contributed by atoms with van der Waals surface area (Å²) in [6.07, 6.45) is 7.88. The van der Waals surface area contributed by atoms with Gasteiger partial charge in [0, 0.05) is 6.26 Å². The van der Waals surface area contributed by atoms with Gasteiger partial charge in [0.1, 0.15) is 15.6 Å². The molecule has 1 aliphatic carbocycles. The van der Waals surface area contributed by atoms with Gasteiger partial charge in [0.2, 0.25) is 11.8 Å². The Morgan fingerprint density at radius 3 is 2.69 bits per heavy atom. The van der Waals surface area contributed by atoms with Crippen LogP contribution in [0.4, 0.5) is 9.93 Å². The standard InChI is InChI=1S/C19H23ClN4O5S3/c1-32(28,29)12-9-30-15-14(12)22-19(27)24(17(15)26)11(7-10-5-3-2-4-6-10)16(25)23-18-21-8-13(20)31-18/h8-11,14-15H,2-7H2,1H3,(H,22,27)(H,21,23,25). The molecular formula is C19H23ClN4O5S3. The molecule has 0 spiro atoms. The fraction of sp³-hybridized carbons (Fsp3) is 0.579. The van der Waals surface area contributed by atoms with E-state index in [1.54, 1.807) is 0 Å². The van der Waals surface area contributed by atoms with Crippen LogP contribution in [0.15, 0.2) is 16.5 Å². The number of hydrogen-bond acceptors (Lipinski definition) is 8. The lowest BCUT2D eigenvalue weighted by atomic mass is 9.84. The van der Waals surface area contributed by atoms with E-state index in [0.29, 0.717) is 10.8 Å².